The molecule has 3 aromatic carbocycles. The smallest absolute Gasteiger partial charge is 0.0686 e. The highest BCUT2D eigenvalue weighted by molar-refractivity contribution is 5.68. The van der Waals surface area contributed by atoms with Crippen molar-refractivity contribution in [2.24, 2.45) is 10.6 Å². The molecule has 0 aromatic heterocycles. The molecule has 0 N–H and O–H groups in total. The molecule has 0 radical (unpaired) electrons. The molecule has 3 rings (SSSR count). The second-order valence-corrected chi connectivity index (χ2v) is 4.97. The summed E-state index contributed by atoms with van der Waals surface area (Å²) in [5, 5.41) is 8.70. The number of benzene rings is 3. The van der Waals surface area contributed by atoms with Crippen LogP contribution >= 0.6 is 0 Å². The van der Waals surface area contributed by atoms with Gasteiger partial charge < -0.3 is 0 Å². The maximum absolute atomic E-state index is 11.2. The maximum atomic E-state index is 11.2. The van der Waals surface area contributed by atoms with Crippen LogP contribution in [0.4, 0.5) is 22.7 Å². The molecule has 24 heavy (non-hydrogen) atoms. The zero-order valence-electron chi connectivity index (χ0n) is 12.7. The fourth-order valence-electron chi connectivity index (χ4n) is 2.36. The summed E-state index contributed by atoms with van der Waals surface area (Å²) in [6, 6.07) is 25.1. The second kappa shape index (κ2) is 7.15. The lowest BCUT2D eigenvalue weighted by Gasteiger charge is -2.18. The molecule has 6 heteroatoms. The fraction of sp³-hybridized carbons (Fsp3) is 0. The summed E-state index contributed by atoms with van der Waals surface area (Å²) in [6.45, 7) is 0. The van der Waals surface area contributed by atoms with Gasteiger partial charge in [-0.25, -0.2) is 0 Å². The summed E-state index contributed by atoms with van der Waals surface area (Å²) in [7, 11) is 0. The molecule has 118 valence electrons. The third-order valence-corrected chi connectivity index (χ3v) is 3.50. The van der Waals surface area contributed by atoms with Crippen LogP contribution in [0.25, 0.3) is 0 Å². The van der Waals surface area contributed by atoms with Gasteiger partial charge in [-0.1, -0.05) is 36.4 Å². The number of rotatable bonds is 6. The summed E-state index contributed by atoms with van der Waals surface area (Å²) < 4.78 is 0. The van der Waals surface area contributed by atoms with Gasteiger partial charge in [-0.3, -0.25) is 0 Å². The Labute approximate surface area is 138 Å². The number of nitroso groups, excluding NO2 is 2. The van der Waals surface area contributed by atoms with Crippen LogP contribution in [0.1, 0.15) is 0 Å². The zero-order valence-corrected chi connectivity index (χ0v) is 12.7. The third kappa shape index (κ3) is 3.12. The van der Waals surface area contributed by atoms with Crippen LogP contribution in [-0.4, -0.2) is 0 Å². The molecule has 0 atom stereocenters. The molecule has 0 amide bonds. The summed E-state index contributed by atoms with van der Waals surface area (Å²) >= 11 is 0. The molecular formula is C18H14N4O2. The van der Waals surface area contributed by atoms with Crippen LogP contribution in [0.5, 0.6) is 0 Å². The van der Waals surface area contributed by atoms with Gasteiger partial charge in [0.15, 0.2) is 0 Å². The van der Waals surface area contributed by atoms with Crippen LogP contribution in [-0.2, 0) is 0 Å². The van der Waals surface area contributed by atoms with E-state index in [1.165, 1.54) is 10.0 Å². The van der Waals surface area contributed by atoms with Crippen molar-refractivity contribution in [2.45, 2.75) is 0 Å². The molecule has 3 aromatic rings. The Hall–Kier alpha value is -3.54. The van der Waals surface area contributed by atoms with E-state index in [0.717, 1.165) is 0 Å². The molecule has 0 saturated carbocycles. The summed E-state index contributed by atoms with van der Waals surface area (Å²) in [6.07, 6.45) is 0. The summed E-state index contributed by atoms with van der Waals surface area (Å²) in [4.78, 5) is 22.4. The minimum atomic E-state index is 0.596. The molecule has 0 saturated heterocycles. The first-order chi connectivity index (χ1) is 11.8. The molecule has 0 bridgehead atoms. The van der Waals surface area contributed by atoms with E-state index in [4.69, 9.17) is 0 Å². The van der Waals surface area contributed by atoms with Gasteiger partial charge in [-0.05, 0) is 48.5 Å². The van der Waals surface area contributed by atoms with Crippen molar-refractivity contribution in [2.75, 3.05) is 10.0 Å². The first-order valence-corrected chi connectivity index (χ1v) is 7.30. The SMILES string of the molecule is O=NN(c1ccccc1)c1ccc(N(N=O)c2ccccc2)cc1. The van der Waals surface area contributed by atoms with Gasteiger partial charge in [0, 0.05) is 0 Å². The van der Waals surface area contributed by atoms with Crippen molar-refractivity contribution in [3.05, 3.63) is 94.7 Å². The Morgan fingerprint density at radius 2 is 0.750 bits per heavy atom. The van der Waals surface area contributed by atoms with Gasteiger partial charge in [0.1, 0.15) is 0 Å². The van der Waals surface area contributed by atoms with E-state index in [9.17, 15) is 9.81 Å². The first kappa shape index (κ1) is 15.4. The Kier molecular flexibility index (Phi) is 4.57. The van der Waals surface area contributed by atoms with Crippen LogP contribution in [0.3, 0.4) is 0 Å². The van der Waals surface area contributed by atoms with Crippen molar-refractivity contribution in [3.8, 4) is 0 Å². The standard InChI is InChI=1S/C18H14N4O2/c23-19-21(15-7-3-1-4-8-15)17-11-13-18(14-12-17)22(20-24)16-9-5-2-6-10-16/h1-14H. The Bertz CT molecular complexity index is 737. The van der Waals surface area contributed by atoms with Crippen LogP contribution < -0.4 is 10.0 Å². The van der Waals surface area contributed by atoms with E-state index in [1.54, 1.807) is 48.5 Å². The molecule has 0 fully saturated rings. The molecular weight excluding hydrogens is 304 g/mol. The third-order valence-electron chi connectivity index (χ3n) is 3.50. The number of nitrogens with zero attached hydrogens (tertiary/aromatic N) is 4. The minimum Gasteiger partial charge on any atom is -0.197 e. The average Bonchev–Trinajstić information content (AvgIpc) is 2.66. The van der Waals surface area contributed by atoms with Crippen molar-refractivity contribution in [1.82, 2.24) is 0 Å². The monoisotopic (exact) mass is 318 g/mol. The largest absolute Gasteiger partial charge is 0.197 e. The lowest BCUT2D eigenvalue weighted by atomic mass is 10.2. The molecule has 6 nitrogen and oxygen atoms in total. The fourth-order valence-corrected chi connectivity index (χ4v) is 2.36. The predicted molar refractivity (Wildman–Crippen MR) is 95.2 cm³/mol. The van der Waals surface area contributed by atoms with E-state index >= 15 is 0 Å². The van der Waals surface area contributed by atoms with Crippen molar-refractivity contribution in [3.63, 3.8) is 0 Å². The van der Waals surface area contributed by atoms with Gasteiger partial charge in [0.05, 0.1) is 33.3 Å². The van der Waals surface area contributed by atoms with Gasteiger partial charge in [-0.2, -0.15) is 10.0 Å². The normalized spacial score (nSPS) is 10.0. The highest BCUT2D eigenvalue weighted by Gasteiger charge is 2.12. The van der Waals surface area contributed by atoms with E-state index in [-0.39, 0.29) is 0 Å². The van der Waals surface area contributed by atoms with Crippen molar-refractivity contribution >= 4 is 22.7 Å². The zero-order chi connectivity index (χ0) is 16.8. The minimum absolute atomic E-state index is 0.596. The van der Waals surface area contributed by atoms with Crippen LogP contribution in [0.15, 0.2) is 95.5 Å². The molecule has 0 aliphatic rings. The van der Waals surface area contributed by atoms with E-state index in [2.05, 4.69) is 10.6 Å². The van der Waals surface area contributed by atoms with Gasteiger partial charge in [0.25, 0.3) is 0 Å². The highest BCUT2D eigenvalue weighted by atomic mass is 16.3. The molecule has 0 heterocycles. The molecule has 0 spiro atoms. The quantitative estimate of drug-likeness (QED) is 0.455. The maximum Gasteiger partial charge on any atom is 0.0686 e. The van der Waals surface area contributed by atoms with Gasteiger partial charge in [-0.15, -0.1) is 9.81 Å². The predicted octanol–water partition coefficient (Wildman–Crippen LogP) is 5.33. The molecule has 0 aliphatic heterocycles. The topological polar surface area (TPSA) is 65.3 Å². The Balaban J connectivity index is 1.90. The Morgan fingerprint density at radius 1 is 0.458 bits per heavy atom. The van der Waals surface area contributed by atoms with Gasteiger partial charge in [0.2, 0.25) is 0 Å². The van der Waals surface area contributed by atoms with Crippen LogP contribution in [0, 0.1) is 9.81 Å². The lowest BCUT2D eigenvalue weighted by Crippen LogP contribution is -2.09. The van der Waals surface area contributed by atoms with Gasteiger partial charge >= 0.3 is 0 Å². The lowest BCUT2D eigenvalue weighted by molar-refractivity contribution is 1.05. The summed E-state index contributed by atoms with van der Waals surface area (Å²) in [5.41, 5.74) is 2.51. The Morgan fingerprint density at radius 3 is 1.04 bits per heavy atom. The number of para-hydroxylation sites is 2. The number of anilines is 4. The van der Waals surface area contributed by atoms with E-state index < -0.39 is 0 Å². The van der Waals surface area contributed by atoms with E-state index in [0.29, 0.717) is 22.7 Å². The van der Waals surface area contributed by atoms with E-state index in [1.807, 2.05) is 36.4 Å². The average molecular weight is 318 g/mol. The van der Waals surface area contributed by atoms with Crippen LogP contribution in [0.2, 0.25) is 0 Å². The highest BCUT2D eigenvalue weighted by Crippen LogP contribution is 2.30. The molecule has 0 aliphatic carbocycles. The second-order valence-electron chi connectivity index (χ2n) is 4.97. The number of hydrogen-bond acceptors (Lipinski definition) is 4. The summed E-state index contributed by atoms with van der Waals surface area (Å²) in [5.74, 6) is 0. The van der Waals surface area contributed by atoms with Crippen molar-refractivity contribution in [1.29, 1.82) is 0 Å². The van der Waals surface area contributed by atoms with Crippen molar-refractivity contribution < 1.29 is 0 Å². The number of hydrogen-bond donors (Lipinski definition) is 0. The molecule has 0 unspecified atom stereocenters. The first-order valence-electron chi connectivity index (χ1n) is 7.30.